The molecule has 2 aromatic rings. The lowest BCUT2D eigenvalue weighted by atomic mass is 10.1. The van der Waals surface area contributed by atoms with Crippen molar-refractivity contribution < 1.29 is 22.7 Å². The number of anilines is 1. The minimum atomic E-state index is -4.42. The van der Waals surface area contributed by atoms with Crippen molar-refractivity contribution >= 4 is 23.4 Å². The van der Waals surface area contributed by atoms with Gasteiger partial charge in [0, 0.05) is 12.5 Å². The lowest BCUT2D eigenvalue weighted by molar-refractivity contribution is -0.137. The Labute approximate surface area is 152 Å². The van der Waals surface area contributed by atoms with Gasteiger partial charge in [0.1, 0.15) is 16.7 Å². The zero-order chi connectivity index (χ0) is 18.9. The molecule has 9 heteroatoms. The highest BCUT2D eigenvalue weighted by Crippen LogP contribution is 2.40. The number of benzene rings is 1. The van der Waals surface area contributed by atoms with Gasteiger partial charge in [0.05, 0.1) is 12.7 Å². The van der Waals surface area contributed by atoms with Crippen LogP contribution in [0.4, 0.5) is 19.0 Å². The Hall–Kier alpha value is -2.35. The summed E-state index contributed by atoms with van der Waals surface area (Å²) < 4.78 is 43.1. The Morgan fingerprint density at radius 3 is 2.69 bits per heavy atom. The number of rotatable bonds is 5. The van der Waals surface area contributed by atoms with E-state index in [1.807, 2.05) is 0 Å². The second-order valence-corrected chi connectivity index (χ2v) is 6.29. The van der Waals surface area contributed by atoms with Crippen molar-refractivity contribution in [1.82, 2.24) is 9.97 Å². The van der Waals surface area contributed by atoms with E-state index >= 15 is 0 Å². The van der Waals surface area contributed by atoms with E-state index in [0.717, 1.165) is 25.0 Å². The highest BCUT2D eigenvalue weighted by Gasteiger charge is 2.31. The van der Waals surface area contributed by atoms with E-state index in [0.29, 0.717) is 11.4 Å². The third-order valence-electron chi connectivity index (χ3n) is 3.90. The molecular weight excluding hydrogens is 371 g/mol. The first-order valence-electron chi connectivity index (χ1n) is 7.85. The topological polar surface area (TPSA) is 64.1 Å². The second kappa shape index (κ2) is 7.11. The SMILES string of the molecule is COC(=O)c1nc(C2CC2)nc(NCc2cccc(C(F)(F)F)c2)c1Cl. The van der Waals surface area contributed by atoms with Gasteiger partial charge in [0.25, 0.3) is 0 Å². The molecule has 1 N–H and O–H groups in total. The van der Waals surface area contributed by atoms with Gasteiger partial charge in [-0.3, -0.25) is 0 Å². The fourth-order valence-corrected chi connectivity index (χ4v) is 2.61. The minimum absolute atomic E-state index is 0.0202. The summed E-state index contributed by atoms with van der Waals surface area (Å²) in [6, 6.07) is 4.93. The number of ether oxygens (including phenoxy) is 1. The quantitative estimate of drug-likeness (QED) is 0.771. The molecule has 0 atom stereocenters. The van der Waals surface area contributed by atoms with E-state index in [9.17, 15) is 18.0 Å². The lowest BCUT2D eigenvalue weighted by Crippen LogP contribution is -2.13. The van der Waals surface area contributed by atoms with Crippen LogP contribution in [0, 0.1) is 0 Å². The number of carbonyl (C=O) groups is 1. The van der Waals surface area contributed by atoms with Crippen molar-refractivity contribution in [3.05, 3.63) is 51.9 Å². The highest BCUT2D eigenvalue weighted by atomic mass is 35.5. The Kier molecular flexibility index (Phi) is 5.04. The largest absolute Gasteiger partial charge is 0.464 e. The number of hydrogen-bond donors (Lipinski definition) is 1. The molecule has 3 rings (SSSR count). The van der Waals surface area contributed by atoms with E-state index < -0.39 is 17.7 Å². The lowest BCUT2D eigenvalue weighted by Gasteiger charge is -2.13. The van der Waals surface area contributed by atoms with Gasteiger partial charge < -0.3 is 10.1 Å². The van der Waals surface area contributed by atoms with Crippen LogP contribution < -0.4 is 5.32 Å². The standard InChI is InChI=1S/C17H15ClF3N3O2/c1-26-16(25)13-12(18)15(24-14(23-13)10-5-6-10)22-8-9-3-2-4-11(7-9)17(19,20)21/h2-4,7,10H,5-6,8H2,1H3,(H,22,23,24). The molecular formula is C17H15ClF3N3O2. The first kappa shape index (κ1) is 18.4. The molecule has 1 aliphatic rings. The van der Waals surface area contributed by atoms with Crippen molar-refractivity contribution in [2.45, 2.75) is 31.5 Å². The van der Waals surface area contributed by atoms with Gasteiger partial charge in [0.15, 0.2) is 5.69 Å². The molecule has 26 heavy (non-hydrogen) atoms. The zero-order valence-corrected chi connectivity index (χ0v) is 14.5. The van der Waals surface area contributed by atoms with Gasteiger partial charge >= 0.3 is 12.1 Å². The summed E-state index contributed by atoms with van der Waals surface area (Å²) in [7, 11) is 1.22. The average molecular weight is 386 g/mol. The molecule has 0 saturated heterocycles. The van der Waals surface area contributed by atoms with Crippen molar-refractivity contribution in [3.8, 4) is 0 Å². The smallest absolute Gasteiger partial charge is 0.416 e. The zero-order valence-electron chi connectivity index (χ0n) is 13.7. The summed E-state index contributed by atoms with van der Waals surface area (Å²) in [5.74, 6) is 0.133. The number of hydrogen-bond acceptors (Lipinski definition) is 5. The molecule has 0 spiro atoms. The number of nitrogens with one attached hydrogen (secondary N) is 1. The van der Waals surface area contributed by atoms with Crippen LogP contribution >= 0.6 is 11.6 Å². The summed E-state index contributed by atoms with van der Waals surface area (Å²) in [5, 5.41) is 2.87. The van der Waals surface area contributed by atoms with Gasteiger partial charge in [-0.15, -0.1) is 0 Å². The molecule has 138 valence electrons. The predicted molar refractivity (Wildman–Crippen MR) is 89.1 cm³/mol. The average Bonchev–Trinajstić information content (AvgIpc) is 3.45. The molecule has 0 amide bonds. The van der Waals surface area contributed by atoms with Crippen LogP contribution in [0.5, 0.6) is 0 Å². The number of aromatic nitrogens is 2. The third kappa shape index (κ3) is 4.07. The normalized spacial score (nSPS) is 14.2. The molecule has 1 heterocycles. The first-order valence-corrected chi connectivity index (χ1v) is 8.23. The van der Waals surface area contributed by atoms with Crippen molar-refractivity contribution in [2.75, 3.05) is 12.4 Å². The highest BCUT2D eigenvalue weighted by molar-refractivity contribution is 6.35. The number of methoxy groups -OCH3 is 1. The van der Waals surface area contributed by atoms with Gasteiger partial charge in [-0.05, 0) is 30.5 Å². The maximum Gasteiger partial charge on any atom is 0.416 e. The predicted octanol–water partition coefficient (Wildman–Crippen LogP) is 4.42. The van der Waals surface area contributed by atoms with Crippen molar-refractivity contribution in [2.24, 2.45) is 0 Å². The first-order chi connectivity index (χ1) is 12.3. The van der Waals surface area contributed by atoms with E-state index in [4.69, 9.17) is 11.6 Å². The summed E-state index contributed by atoms with van der Waals surface area (Å²) in [5.41, 5.74) is -0.390. The van der Waals surface area contributed by atoms with Crippen LogP contribution in [0.2, 0.25) is 5.02 Å². The van der Waals surface area contributed by atoms with Crippen LogP contribution in [0.3, 0.4) is 0 Å². The Balaban J connectivity index is 1.85. The van der Waals surface area contributed by atoms with Crippen molar-refractivity contribution in [1.29, 1.82) is 0 Å². The fourth-order valence-electron chi connectivity index (χ4n) is 2.38. The third-order valence-corrected chi connectivity index (χ3v) is 4.26. The van der Waals surface area contributed by atoms with Gasteiger partial charge in [-0.1, -0.05) is 23.7 Å². The molecule has 1 saturated carbocycles. The molecule has 0 bridgehead atoms. The second-order valence-electron chi connectivity index (χ2n) is 5.91. The van der Waals surface area contributed by atoms with Gasteiger partial charge in [0.2, 0.25) is 0 Å². The van der Waals surface area contributed by atoms with E-state index in [2.05, 4.69) is 20.0 Å². The Bertz CT molecular complexity index is 838. The number of halogens is 4. The monoisotopic (exact) mass is 385 g/mol. The Morgan fingerprint density at radius 2 is 2.08 bits per heavy atom. The van der Waals surface area contributed by atoms with E-state index in [-0.39, 0.29) is 29.0 Å². The summed E-state index contributed by atoms with van der Waals surface area (Å²) in [6.45, 7) is 0.0609. The molecule has 0 aliphatic heterocycles. The number of esters is 1. The van der Waals surface area contributed by atoms with E-state index in [1.54, 1.807) is 6.07 Å². The Morgan fingerprint density at radius 1 is 1.35 bits per heavy atom. The number of carbonyl (C=O) groups excluding carboxylic acids is 1. The van der Waals surface area contributed by atoms with Crippen LogP contribution in [0.15, 0.2) is 24.3 Å². The molecule has 0 unspecified atom stereocenters. The summed E-state index contributed by atoms with van der Waals surface area (Å²) in [6.07, 6.45) is -2.59. The van der Waals surface area contributed by atoms with Gasteiger partial charge in [-0.25, -0.2) is 14.8 Å². The van der Waals surface area contributed by atoms with E-state index in [1.165, 1.54) is 13.2 Å². The number of alkyl halides is 3. The summed E-state index contributed by atoms with van der Waals surface area (Å²) in [4.78, 5) is 20.3. The maximum absolute atomic E-state index is 12.8. The molecule has 1 aromatic heterocycles. The van der Waals surface area contributed by atoms with Crippen LogP contribution in [-0.2, 0) is 17.5 Å². The van der Waals surface area contributed by atoms with Crippen LogP contribution in [0.25, 0.3) is 0 Å². The van der Waals surface area contributed by atoms with Crippen LogP contribution in [-0.4, -0.2) is 23.0 Å². The van der Waals surface area contributed by atoms with Crippen LogP contribution in [0.1, 0.15) is 46.2 Å². The van der Waals surface area contributed by atoms with Crippen molar-refractivity contribution in [3.63, 3.8) is 0 Å². The number of nitrogens with zero attached hydrogens (tertiary/aromatic N) is 2. The summed E-state index contributed by atoms with van der Waals surface area (Å²) >= 11 is 6.18. The molecule has 0 radical (unpaired) electrons. The van der Waals surface area contributed by atoms with Gasteiger partial charge in [-0.2, -0.15) is 13.2 Å². The molecule has 1 fully saturated rings. The molecule has 1 aromatic carbocycles. The minimum Gasteiger partial charge on any atom is -0.464 e. The maximum atomic E-state index is 12.8. The molecule has 1 aliphatic carbocycles. The molecule has 5 nitrogen and oxygen atoms in total. The fraction of sp³-hybridized carbons (Fsp3) is 0.353.